The lowest BCUT2D eigenvalue weighted by Crippen LogP contribution is -2.00. The van der Waals surface area contributed by atoms with Crippen LogP contribution < -0.4 is 4.74 Å². The van der Waals surface area contributed by atoms with Gasteiger partial charge >= 0.3 is 5.97 Å². The Morgan fingerprint density at radius 3 is 2.24 bits per heavy atom. The van der Waals surface area contributed by atoms with Gasteiger partial charge in [-0.25, -0.2) is 4.79 Å². The Bertz CT molecular complexity index is 429. The number of aromatic hydroxyl groups is 1. The van der Waals surface area contributed by atoms with E-state index in [2.05, 4.69) is 6.92 Å². The van der Waals surface area contributed by atoms with Crippen molar-refractivity contribution in [1.82, 2.24) is 0 Å². The molecule has 0 spiro atoms. The number of carbonyl (C=O) groups is 1. The molecule has 0 unspecified atom stereocenters. The number of carboxylic acids is 1. The minimum absolute atomic E-state index is 0.0620. The quantitative estimate of drug-likeness (QED) is 0.585. The van der Waals surface area contributed by atoms with Crippen LogP contribution in [-0.2, 0) is 0 Å². The largest absolute Gasteiger partial charge is 0.504 e. The Balaban J connectivity index is 2.14. The van der Waals surface area contributed by atoms with Gasteiger partial charge in [-0.05, 0) is 24.6 Å². The number of aromatic carboxylic acids is 1. The second-order valence-electron chi connectivity index (χ2n) is 5.31. The van der Waals surface area contributed by atoms with Crippen LogP contribution >= 0.6 is 0 Å². The molecule has 0 aromatic heterocycles. The van der Waals surface area contributed by atoms with Gasteiger partial charge in [0.2, 0.25) is 0 Å². The van der Waals surface area contributed by atoms with Crippen LogP contribution in [0.15, 0.2) is 18.2 Å². The van der Waals surface area contributed by atoms with Crippen molar-refractivity contribution in [3.8, 4) is 11.5 Å². The predicted molar refractivity (Wildman–Crippen MR) is 83.2 cm³/mol. The van der Waals surface area contributed by atoms with Crippen molar-refractivity contribution in [3.05, 3.63) is 23.8 Å². The van der Waals surface area contributed by atoms with Gasteiger partial charge in [-0.3, -0.25) is 0 Å². The maximum atomic E-state index is 10.7. The summed E-state index contributed by atoms with van der Waals surface area (Å²) in [5.74, 6) is -0.822. The molecule has 0 aliphatic heterocycles. The lowest BCUT2D eigenvalue weighted by atomic mass is 10.1. The molecule has 0 aliphatic rings. The fourth-order valence-corrected chi connectivity index (χ4v) is 2.19. The summed E-state index contributed by atoms with van der Waals surface area (Å²) < 4.78 is 5.47. The van der Waals surface area contributed by atoms with E-state index in [-0.39, 0.29) is 11.3 Å². The molecule has 1 aromatic carbocycles. The van der Waals surface area contributed by atoms with Crippen molar-refractivity contribution in [2.45, 2.75) is 58.3 Å². The van der Waals surface area contributed by atoms with Gasteiger partial charge in [-0.15, -0.1) is 0 Å². The second kappa shape index (κ2) is 10.1. The third-order valence-corrected chi connectivity index (χ3v) is 3.46. The molecule has 0 heterocycles. The number of phenols is 1. The number of hydrogen-bond acceptors (Lipinski definition) is 3. The molecule has 4 nitrogen and oxygen atoms in total. The normalized spacial score (nSPS) is 10.5. The van der Waals surface area contributed by atoms with E-state index in [0.717, 1.165) is 12.8 Å². The fourth-order valence-electron chi connectivity index (χ4n) is 2.19. The second-order valence-corrected chi connectivity index (χ2v) is 5.31. The monoisotopic (exact) mass is 294 g/mol. The summed E-state index contributed by atoms with van der Waals surface area (Å²) in [6.07, 6.45) is 9.82. The molecular formula is C17H26O4. The molecule has 0 atom stereocenters. The Kier molecular flexibility index (Phi) is 8.32. The summed E-state index contributed by atoms with van der Waals surface area (Å²) in [4.78, 5) is 10.7. The van der Waals surface area contributed by atoms with Gasteiger partial charge in [0, 0.05) is 0 Å². The van der Waals surface area contributed by atoms with Crippen LogP contribution in [0.25, 0.3) is 0 Å². The third kappa shape index (κ3) is 7.02. The lowest BCUT2D eigenvalue weighted by molar-refractivity contribution is 0.0696. The molecule has 0 fully saturated rings. The molecule has 0 amide bonds. The van der Waals surface area contributed by atoms with Gasteiger partial charge in [0.25, 0.3) is 0 Å². The van der Waals surface area contributed by atoms with Crippen LogP contribution in [0.2, 0.25) is 0 Å². The zero-order valence-corrected chi connectivity index (χ0v) is 12.8. The van der Waals surface area contributed by atoms with Gasteiger partial charge in [-0.2, -0.15) is 0 Å². The molecule has 4 heteroatoms. The number of benzene rings is 1. The summed E-state index contributed by atoms with van der Waals surface area (Å²) in [7, 11) is 0. The first-order valence-corrected chi connectivity index (χ1v) is 7.84. The van der Waals surface area contributed by atoms with Crippen LogP contribution in [0.5, 0.6) is 11.5 Å². The number of phenolic OH excluding ortho intramolecular Hbond substituents is 1. The van der Waals surface area contributed by atoms with E-state index in [4.69, 9.17) is 9.84 Å². The van der Waals surface area contributed by atoms with Crippen LogP contribution in [-0.4, -0.2) is 22.8 Å². The molecule has 118 valence electrons. The SMILES string of the molecule is CCCCCCCCCCOc1ccc(C(=O)O)cc1O. The van der Waals surface area contributed by atoms with Gasteiger partial charge in [0.15, 0.2) is 11.5 Å². The van der Waals surface area contributed by atoms with E-state index in [1.54, 1.807) is 0 Å². The summed E-state index contributed by atoms with van der Waals surface area (Å²) in [6.45, 7) is 2.77. The fraction of sp³-hybridized carbons (Fsp3) is 0.588. The maximum Gasteiger partial charge on any atom is 0.335 e. The first-order valence-electron chi connectivity index (χ1n) is 7.84. The molecular weight excluding hydrogens is 268 g/mol. The van der Waals surface area contributed by atoms with Crippen LogP contribution in [0.4, 0.5) is 0 Å². The van der Waals surface area contributed by atoms with Gasteiger partial charge < -0.3 is 14.9 Å². The van der Waals surface area contributed by atoms with Crippen molar-refractivity contribution < 1.29 is 19.7 Å². The molecule has 0 radical (unpaired) electrons. The van der Waals surface area contributed by atoms with E-state index >= 15 is 0 Å². The Morgan fingerprint density at radius 1 is 1.05 bits per heavy atom. The highest BCUT2D eigenvalue weighted by Gasteiger charge is 2.08. The summed E-state index contributed by atoms with van der Waals surface area (Å²) in [6, 6.07) is 4.15. The highest BCUT2D eigenvalue weighted by Crippen LogP contribution is 2.27. The van der Waals surface area contributed by atoms with E-state index in [0.29, 0.717) is 12.4 Å². The zero-order chi connectivity index (χ0) is 15.5. The van der Waals surface area contributed by atoms with Crippen molar-refractivity contribution in [2.24, 2.45) is 0 Å². The number of ether oxygens (including phenoxy) is 1. The first kappa shape index (κ1) is 17.3. The van der Waals surface area contributed by atoms with Gasteiger partial charge in [0.1, 0.15) is 0 Å². The zero-order valence-electron chi connectivity index (χ0n) is 12.8. The van der Waals surface area contributed by atoms with Gasteiger partial charge in [0.05, 0.1) is 12.2 Å². The van der Waals surface area contributed by atoms with Crippen LogP contribution in [0.3, 0.4) is 0 Å². The number of carboxylic acid groups (broad SMARTS) is 1. The molecule has 0 bridgehead atoms. The first-order chi connectivity index (χ1) is 10.1. The lowest BCUT2D eigenvalue weighted by Gasteiger charge is -2.08. The van der Waals surface area contributed by atoms with E-state index in [1.807, 2.05) is 0 Å². The summed E-state index contributed by atoms with van der Waals surface area (Å²) in [5, 5.41) is 18.5. The molecule has 1 rings (SSSR count). The number of rotatable bonds is 11. The molecule has 0 saturated heterocycles. The third-order valence-electron chi connectivity index (χ3n) is 3.46. The molecule has 21 heavy (non-hydrogen) atoms. The smallest absolute Gasteiger partial charge is 0.335 e. The topological polar surface area (TPSA) is 66.8 Å². The number of hydrogen-bond donors (Lipinski definition) is 2. The molecule has 0 saturated carbocycles. The van der Waals surface area contributed by atoms with E-state index < -0.39 is 5.97 Å². The van der Waals surface area contributed by atoms with Crippen molar-refractivity contribution in [2.75, 3.05) is 6.61 Å². The van der Waals surface area contributed by atoms with E-state index in [9.17, 15) is 9.90 Å². The Morgan fingerprint density at radius 2 is 1.67 bits per heavy atom. The van der Waals surface area contributed by atoms with Crippen molar-refractivity contribution in [3.63, 3.8) is 0 Å². The average Bonchev–Trinajstić information content (AvgIpc) is 2.46. The Labute approximate surface area is 126 Å². The average molecular weight is 294 g/mol. The van der Waals surface area contributed by atoms with Crippen molar-refractivity contribution >= 4 is 5.97 Å². The highest BCUT2D eigenvalue weighted by atomic mass is 16.5. The number of unbranched alkanes of at least 4 members (excludes halogenated alkanes) is 7. The maximum absolute atomic E-state index is 10.7. The van der Waals surface area contributed by atoms with Crippen LogP contribution in [0, 0.1) is 0 Å². The molecule has 1 aromatic rings. The van der Waals surface area contributed by atoms with Crippen LogP contribution in [0.1, 0.15) is 68.6 Å². The Hall–Kier alpha value is -1.71. The minimum Gasteiger partial charge on any atom is -0.504 e. The highest BCUT2D eigenvalue weighted by molar-refractivity contribution is 5.88. The molecule has 2 N–H and O–H groups in total. The molecule has 0 aliphatic carbocycles. The standard InChI is InChI=1S/C17H26O4/c1-2-3-4-5-6-7-8-9-12-21-16-11-10-14(17(19)20)13-15(16)18/h10-11,13,18H,2-9,12H2,1H3,(H,19,20). The van der Waals surface area contributed by atoms with Crippen molar-refractivity contribution in [1.29, 1.82) is 0 Å². The predicted octanol–water partition coefficient (Wildman–Crippen LogP) is 4.61. The minimum atomic E-state index is -1.06. The van der Waals surface area contributed by atoms with Gasteiger partial charge in [-0.1, -0.05) is 51.9 Å². The summed E-state index contributed by atoms with van der Waals surface area (Å²) >= 11 is 0. The van der Waals surface area contributed by atoms with E-state index in [1.165, 1.54) is 56.7 Å². The summed E-state index contributed by atoms with van der Waals surface area (Å²) in [5.41, 5.74) is 0.0620.